The van der Waals surface area contributed by atoms with E-state index >= 15 is 0 Å². The highest BCUT2D eigenvalue weighted by Crippen LogP contribution is 2.28. The summed E-state index contributed by atoms with van der Waals surface area (Å²) in [5.41, 5.74) is 6.61. The summed E-state index contributed by atoms with van der Waals surface area (Å²) in [6, 6.07) is 5.03. The van der Waals surface area contributed by atoms with Gasteiger partial charge >= 0.3 is 0 Å². The average Bonchev–Trinajstić information content (AvgIpc) is 2.02. The summed E-state index contributed by atoms with van der Waals surface area (Å²) in [7, 11) is 0. The third kappa shape index (κ3) is 2.38. The van der Waals surface area contributed by atoms with E-state index in [0.717, 1.165) is 0 Å². The van der Waals surface area contributed by atoms with E-state index in [1.807, 2.05) is 6.07 Å². The van der Waals surface area contributed by atoms with E-state index in [1.165, 1.54) is 6.08 Å². The normalized spacial score (nSPS) is 10.2. The van der Waals surface area contributed by atoms with Crippen molar-refractivity contribution < 1.29 is 0 Å². The van der Waals surface area contributed by atoms with Gasteiger partial charge in [-0.2, -0.15) is 5.26 Å². The summed E-state index contributed by atoms with van der Waals surface area (Å²) in [6.45, 7) is 0. The Balaban J connectivity index is 3.22. The van der Waals surface area contributed by atoms with Gasteiger partial charge in [0.15, 0.2) is 0 Å². The van der Waals surface area contributed by atoms with E-state index in [4.69, 9.17) is 34.2 Å². The van der Waals surface area contributed by atoms with Gasteiger partial charge in [-0.25, -0.2) is 0 Å². The van der Waals surface area contributed by atoms with Crippen LogP contribution in [0.1, 0.15) is 5.56 Å². The van der Waals surface area contributed by atoms with Gasteiger partial charge in [0, 0.05) is 17.3 Å². The van der Waals surface area contributed by atoms with Crippen molar-refractivity contribution in [1.82, 2.24) is 0 Å². The number of allylic oxidation sites excluding steroid dienone is 1. The fourth-order valence-electron chi connectivity index (χ4n) is 0.884. The number of benzene rings is 1. The molecular weight excluding hydrogens is 207 g/mol. The molecule has 0 atom stereocenters. The van der Waals surface area contributed by atoms with Gasteiger partial charge in [-0.05, 0) is 18.2 Å². The van der Waals surface area contributed by atoms with E-state index in [9.17, 15) is 0 Å². The Morgan fingerprint density at radius 2 is 1.85 bits per heavy atom. The number of nitriles is 1. The topological polar surface area (TPSA) is 49.8 Å². The molecule has 0 fully saturated rings. The van der Waals surface area contributed by atoms with Gasteiger partial charge in [-0.3, -0.25) is 0 Å². The summed E-state index contributed by atoms with van der Waals surface area (Å²) in [6.07, 6.45) is 2.85. The Labute approximate surface area is 86.2 Å². The molecular formula is C9H6Cl2N2. The molecule has 0 aliphatic rings. The molecule has 0 spiro atoms. The van der Waals surface area contributed by atoms with Crippen LogP contribution in [0.3, 0.4) is 0 Å². The van der Waals surface area contributed by atoms with Gasteiger partial charge in [0.2, 0.25) is 0 Å². The number of nitrogens with two attached hydrogens (primary N) is 1. The number of halogens is 2. The third-order valence-corrected chi connectivity index (χ3v) is 2.05. The number of anilines is 1. The highest BCUT2D eigenvalue weighted by Gasteiger charge is 2.03. The van der Waals surface area contributed by atoms with E-state index < -0.39 is 0 Å². The molecule has 4 heteroatoms. The SMILES string of the molecule is N#CC=Cc1c(Cl)cc(N)cc1Cl. The zero-order valence-electron chi connectivity index (χ0n) is 6.59. The first-order chi connectivity index (χ1) is 6.15. The standard InChI is InChI=1S/C9H6Cl2N2/c10-8-4-6(13)5-9(11)7(8)2-1-3-12/h1-2,4-5H,13H2. The number of nitrogens with zero attached hydrogens (tertiary/aromatic N) is 1. The molecule has 13 heavy (non-hydrogen) atoms. The van der Waals surface area contributed by atoms with E-state index in [1.54, 1.807) is 18.2 Å². The third-order valence-electron chi connectivity index (χ3n) is 1.43. The highest BCUT2D eigenvalue weighted by atomic mass is 35.5. The zero-order chi connectivity index (χ0) is 9.84. The van der Waals surface area contributed by atoms with E-state index in [-0.39, 0.29) is 0 Å². The fourth-order valence-corrected chi connectivity index (χ4v) is 1.51. The summed E-state index contributed by atoms with van der Waals surface area (Å²) >= 11 is 11.7. The molecule has 0 aliphatic heterocycles. The molecule has 1 rings (SSSR count). The van der Waals surface area contributed by atoms with Gasteiger partial charge in [0.25, 0.3) is 0 Å². The number of rotatable bonds is 1. The Morgan fingerprint density at radius 1 is 1.31 bits per heavy atom. The average molecular weight is 213 g/mol. The maximum absolute atomic E-state index is 8.32. The minimum absolute atomic E-state index is 0.441. The molecule has 0 unspecified atom stereocenters. The number of nitrogen functional groups attached to an aromatic ring is 1. The van der Waals surface area contributed by atoms with Crippen molar-refractivity contribution in [2.24, 2.45) is 0 Å². The van der Waals surface area contributed by atoms with Crippen LogP contribution in [0.5, 0.6) is 0 Å². The van der Waals surface area contributed by atoms with Gasteiger partial charge in [-0.15, -0.1) is 0 Å². The minimum Gasteiger partial charge on any atom is -0.399 e. The molecule has 1 aromatic rings. The molecule has 0 heterocycles. The van der Waals surface area contributed by atoms with Gasteiger partial charge in [0.1, 0.15) is 0 Å². The zero-order valence-corrected chi connectivity index (χ0v) is 8.10. The van der Waals surface area contributed by atoms with Crippen LogP contribution in [0.2, 0.25) is 10.0 Å². The lowest BCUT2D eigenvalue weighted by molar-refractivity contribution is 1.54. The number of hydrogen-bond donors (Lipinski definition) is 1. The lowest BCUT2D eigenvalue weighted by atomic mass is 10.2. The van der Waals surface area contributed by atoms with Crippen molar-refractivity contribution in [3.05, 3.63) is 33.8 Å². The monoisotopic (exact) mass is 212 g/mol. The van der Waals surface area contributed by atoms with Crippen molar-refractivity contribution in [3.63, 3.8) is 0 Å². The van der Waals surface area contributed by atoms with Crippen LogP contribution in [0.25, 0.3) is 6.08 Å². The van der Waals surface area contributed by atoms with Crippen LogP contribution >= 0.6 is 23.2 Å². The van der Waals surface area contributed by atoms with Gasteiger partial charge in [0.05, 0.1) is 16.1 Å². The number of hydrogen-bond acceptors (Lipinski definition) is 2. The molecule has 0 aliphatic carbocycles. The van der Waals surface area contributed by atoms with Crippen LogP contribution in [0, 0.1) is 11.3 Å². The Hall–Kier alpha value is -1.17. The fraction of sp³-hybridized carbons (Fsp3) is 0. The first-order valence-electron chi connectivity index (χ1n) is 3.46. The molecule has 0 saturated carbocycles. The first kappa shape index (κ1) is 9.91. The predicted molar refractivity (Wildman–Crippen MR) is 55.5 cm³/mol. The lowest BCUT2D eigenvalue weighted by Crippen LogP contribution is -1.86. The molecule has 66 valence electrons. The summed E-state index contributed by atoms with van der Waals surface area (Å²) in [5.74, 6) is 0. The smallest absolute Gasteiger partial charge is 0.0912 e. The van der Waals surface area contributed by atoms with Crippen LogP contribution in [-0.2, 0) is 0 Å². The van der Waals surface area contributed by atoms with Gasteiger partial charge in [-0.1, -0.05) is 23.2 Å². The van der Waals surface area contributed by atoms with Crippen LogP contribution in [0.15, 0.2) is 18.2 Å². The van der Waals surface area contributed by atoms with E-state index in [2.05, 4.69) is 0 Å². The summed E-state index contributed by atoms with van der Waals surface area (Å²) in [5, 5.41) is 9.20. The maximum atomic E-state index is 8.32. The Bertz CT molecular complexity index is 368. The van der Waals surface area contributed by atoms with E-state index in [0.29, 0.717) is 21.3 Å². The quantitative estimate of drug-likeness (QED) is 0.575. The van der Waals surface area contributed by atoms with Crippen molar-refractivity contribution in [1.29, 1.82) is 5.26 Å². The predicted octanol–water partition coefficient (Wildman–Crippen LogP) is 3.11. The molecule has 0 saturated heterocycles. The molecule has 1 aromatic carbocycles. The van der Waals surface area contributed by atoms with Crippen molar-refractivity contribution in [2.75, 3.05) is 5.73 Å². The van der Waals surface area contributed by atoms with Crippen molar-refractivity contribution in [2.45, 2.75) is 0 Å². The minimum atomic E-state index is 0.441. The summed E-state index contributed by atoms with van der Waals surface area (Å²) in [4.78, 5) is 0. The first-order valence-corrected chi connectivity index (χ1v) is 4.21. The Morgan fingerprint density at radius 3 is 2.31 bits per heavy atom. The molecule has 0 amide bonds. The molecule has 0 aromatic heterocycles. The molecule has 0 radical (unpaired) electrons. The lowest BCUT2D eigenvalue weighted by Gasteiger charge is -2.02. The van der Waals surface area contributed by atoms with Crippen LogP contribution in [0.4, 0.5) is 5.69 Å². The van der Waals surface area contributed by atoms with Gasteiger partial charge < -0.3 is 5.73 Å². The summed E-state index contributed by atoms with van der Waals surface area (Å²) < 4.78 is 0. The Kier molecular flexibility index (Phi) is 3.18. The molecule has 2 nitrogen and oxygen atoms in total. The second-order valence-corrected chi connectivity index (χ2v) is 3.18. The largest absolute Gasteiger partial charge is 0.399 e. The molecule has 2 N–H and O–H groups in total. The highest BCUT2D eigenvalue weighted by molar-refractivity contribution is 6.37. The second-order valence-electron chi connectivity index (χ2n) is 2.36. The van der Waals surface area contributed by atoms with Crippen molar-refractivity contribution in [3.8, 4) is 6.07 Å². The second kappa shape index (κ2) is 4.18. The van der Waals surface area contributed by atoms with Crippen molar-refractivity contribution >= 4 is 35.0 Å². The van der Waals surface area contributed by atoms with Crippen LogP contribution < -0.4 is 5.73 Å². The molecule has 0 bridgehead atoms. The maximum Gasteiger partial charge on any atom is 0.0912 e. The van der Waals surface area contributed by atoms with Crippen LogP contribution in [-0.4, -0.2) is 0 Å².